The number of aliphatic hydroxyl groups excluding tert-OH is 2. The van der Waals surface area contributed by atoms with Gasteiger partial charge >= 0.3 is 88.9 Å². The quantitative estimate of drug-likeness (QED) is 0.324. The molecule has 0 saturated heterocycles. The van der Waals surface area contributed by atoms with E-state index < -0.39 is 30.5 Å². The number of aliphatic hydroxyl groups is 2. The molecule has 3 unspecified atom stereocenters. The summed E-state index contributed by atoms with van der Waals surface area (Å²) in [5.74, 6) is -0.140. The maximum absolute atomic E-state index is 11.3. The standard InChI is InChI=1S/C8H12AsNO5.C6H10O/c1-6(11)10-8(9(13,14)15)5-3-2-4-7(8)12;7-5-6-3-1-2-4-6/h2-5,7,12H,1H3,(H,10,11)(H2,13,14,15);1,3,6-7H,2,4-5H2. The van der Waals surface area contributed by atoms with Crippen LogP contribution in [-0.2, 0) is 8.53 Å². The van der Waals surface area contributed by atoms with Crippen LogP contribution in [0, 0.1) is 5.92 Å². The van der Waals surface area contributed by atoms with Crippen molar-refractivity contribution in [2.75, 3.05) is 6.61 Å². The van der Waals surface area contributed by atoms with Gasteiger partial charge in [0.2, 0.25) is 0 Å². The van der Waals surface area contributed by atoms with Gasteiger partial charge in [0.25, 0.3) is 0 Å². The summed E-state index contributed by atoms with van der Waals surface area (Å²) in [6.45, 7) is 1.46. The van der Waals surface area contributed by atoms with Crippen molar-refractivity contribution in [3.63, 3.8) is 0 Å². The second-order valence-corrected chi connectivity index (χ2v) is 9.02. The van der Waals surface area contributed by atoms with Crippen molar-refractivity contribution < 1.29 is 26.9 Å². The van der Waals surface area contributed by atoms with E-state index in [-0.39, 0.29) is 0 Å². The minimum Gasteiger partial charge on any atom is -0.396 e. The summed E-state index contributed by atoms with van der Waals surface area (Å²) in [6.07, 6.45) is 10.3. The first-order valence-electron chi connectivity index (χ1n) is 6.89. The van der Waals surface area contributed by atoms with Crippen LogP contribution in [0.3, 0.4) is 0 Å². The van der Waals surface area contributed by atoms with Crippen molar-refractivity contribution in [2.45, 2.75) is 30.2 Å². The fraction of sp³-hybridized carbons (Fsp3) is 0.500. The smallest absolute Gasteiger partial charge is 0.0493 e. The first-order chi connectivity index (χ1) is 10.2. The summed E-state index contributed by atoms with van der Waals surface area (Å²) in [4.78, 5) is 10.9. The molecule has 0 saturated carbocycles. The summed E-state index contributed by atoms with van der Waals surface area (Å²) in [7, 11) is 0. The molecule has 5 N–H and O–H groups in total. The Morgan fingerprint density at radius 3 is 2.41 bits per heavy atom. The number of amides is 1. The Morgan fingerprint density at radius 2 is 2.05 bits per heavy atom. The molecule has 22 heavy (non-hydrogen) atoms. The number of allylic oxidation sites excluding steroid dienone is 3. The zero-order valence-electron chi connectivity index (χ0n) is 12.3. The molecule has 3 atom stereocenters. The van der Waals surface area contributed by atoms with Crippen LogP contribution < -0.4 is 5.32 Å². The van der Waals surface area contributed by atoms with E-state index in [0.717, 1.165) is 25.8 Å². The van der Waals surface area contributed by atoms with Crippen LogP contribution >= 0.6 is 0 Å². The Morgan fingerprint density at radius 1 is 1.36 bits per heavy atom. The van der Waals surface area contributed by atoms with E-state index in [1.165, 1.54) is 18.2 Å². The zero-order chi connectivity index (χ0) is 16.8. The topological polar surface area (TPSA) is 127 Å². The van der Waals surface area contributed by atoms with Gasteiger partial charge in [-0.1, -0.05) is 12.2 Å². The van der Waals surface area contributed by atoms with Gasteiger partial charge in [-0.3, -0.25) is 0 Å². The Balaban J connectivity index is 0.000000287. The molecule has 0 heterocycles. The Hall–Kier alpha value is -1.11. The van der Waals surface area contributed by atoms with E-state index in [1.807, 2.05) is 0 Å². The Bertz CT molecular complexity index is 523. The predicted octanol–water partition coefficient (Wildman–Crippen LogP) is -0.814. The maximum Gasteiger partial charge on any atom is 0.0493 e. The summed E-state index contributed by atoms with van der Waals surface area (Å²) in [5, 5.41) is 20.2. The molecule has 0 aromatic rings. The minimum atomic E-state index is -5.36. The monoisotopic (exact) mass is 375 g/mol. The van der Waals surface area contributed by atoms with Gasteiger partial charge in [-0.15, -0.1) is 0 Å². The van der Waals surface area contributed by atoms with Crippen LogP contribution in [0.4, 0.5) is 0 Å². The van der Waals surface area contributed by atoms with Crippen molar-refractivity contribution in [3.8, 4) is 0 Å². The van der Waals surface area contributed by atoms with Gasteiger partial charge in [0.15, 0.2) is 0 Å². The fourth-order valence-corrected chi connectivity index (χ4v) is 4.33. The normalized spacial score (nSPS) is 29.9. The molecule has 0 bridgehead atoms. The van der Waals surface area contributed by atoms with Gasteiger partial charge in [0.05, 0.1) is 0 Å². The summed E-state index contributed by atoms with van der Waals surface area (Å²) in [5.41, 5.74) is 0. The van der Waals surface area contributed by atoms with E-state index in [9.17, 15) is 21.8 Å². The summed E-state index contributed by atoms with van der Waals surface area (Å²) in [6, 6.07) is 0. The molecule has 0 spiro atoms. The van der Waals surface area contributed by atoms with Crippen molar-refractivity contribution in [2.24, 2.45) is 5.92 Å². The zero-order valence-corrected chi connectivity index (χ0v) is 14.2. The van der Waals surface area contributed by atoms with Crippen LogP contribution in [0.5, 0.6) is 0 Å². The van der Waals surface area contributed by atoms with Crippen LogP contribution in [-0.4, -0.2) is 55.5 Å². The molecule has 0 aliphatic heterocycles. The van der Waals surface area contributed by atoms with Gasteiger partial charge in [0, 0.05) is 12.5 Å². The van der Waals surface area contributed by atoms with E-state index in [2.05, 4.69) is 17.5 Å². The first-order valence-corrected chi connectivity index (χ1v) is 10.3. The summed E-state index contributed by atoms with van der Waals surface area (Å²) >= 11 is -5.36. The minimum absolute atomic E-state index is 0.330. The molecular weight excluding hydrogens is 353 g/mol. The first kappa shape index (κ1) is 18.9. The third kappa shape index (κ3) is 4.69. The summed E-state index contributed by atoms with van der Waals surface area (Å²) < 4.78 is 27.8. The predicted molar refractivity (Wildman–Crippen MR) is 80.7 cm³/mol. The molecule has 0 aromatic heterocycles. The van der Waals surface area contributed by atoms with Gasteiger partial charge < -0.3 is 5.11 Å². The van der Waals surface area contributed by atoms with Crippen molar-refractivity contribution >= 4 is 20.1 Å². The van der Waals surface area contributed by atoms with Crippen LogP contribution in [0.25, 0.3) is 0 Å². The van der Waals surface area contributed by atoms with E-state index >= 15 is 0 Å². The molecule has 8 heteroatoms. The third-order valence-corrected chi connectivity index (χ3v) is 6.54. The Kier molecular flexibility index (Phi) is 6.84. The fourth-order valence-electron chi connectivity index (χ4n) is 2.20. The van der Waals surface area contributed by atoms with Crippen LogP contribution in [0.2, 0.25) is 0 Å². The van der Waals surface area contributed by atoms with Gasteiger partial charge in [-0.05, 0) is 12.8 Å². The molecule has 2 aliphatic rings. The van der Waals surface area contributed by atoms with Crippen molar-refractivity contribution in [3.05, 3.63) is 36.5 Å². The molecule has 2 aliphatic carbocycles. The number of hydrogen-bond donors (Lipinski definition) is 5. The SMILES string of the molecule is CC(=O)NC1([As](=O)(O)O)C=CC=CC1O.OCC1C=CCC1. The van der Waals surface area contributed by atoms with Gasteiger partial charge in [0.1, 0.15) is 0 Å². The van der Waals surface area contributed by atoms with Crippen LogP contribution in [0.15, 0.2) is 36.5 Å². The van der Waals surface area contributed by atoms with Gasteiger partial charge in [-0.25, -0.2) is 0 Å². The third-order valence-electron chi connectivity index (χ3n) is 3.41. The second kappa shape index (κ2) is 7.94. The van der Waals surface area contributed by atoms with E-state index in [1.54, 1.807) is 0 Å². The number of nitrogens with one attached hydrogen (secondary N) is 1. The number of carbonyl (C=O) groups excluding carboxylic acids is 1. The van der Waals surface area contributed by atoms with E-state index in [0.29, 0.717) is 12.5 Å². The average molecular weight is 375 g/mol. The Labute approximate surface area is 132 Å². The van der Waals surface area contributed by atoms with Crippen LogP contribution in [0.1, 0.15) is 19.8 Å². The molecule has 2 rings (SSSR count). The number of carbonyl (C=O) groups is 1. The molecule has 124 valence electrons. The molecule has 7 nitrogen and oxygen atoms in total. The van der Waals surface area contributed by atoms with Crippen molar-refractivity contribution in [1.82, 2.24) is 5.32 Å². The van der Waals surface area contributed by atoms with Crippen molar-refractivity contribution in [1.29, 1.82) is 0 Å². The van der Waals surface area contributed by atoms with E-state index in [4.69, 9.17) is 5.11 Å². The average Bonchev–Trinajstić information content (AvgIpc) is 2.93. The number of rotatable bonds is 3. The molecule has 0 fully saturated rings. The molecule has 0 radical (unpaired) electrons. The molecule has 0 aromatic carbocycles. The largest absolute Gasteiger partial charge is 0.396 e. The second-order valence-electron chi connectivity index (χ2n) is 5.19. The maximum atomic E-state index is 11.3. The van der Waals surface area contributed by atoms with Gasteiger partial charge in [-0.2, -0.15) is 0 Å². The molecule has 1 amide bonds. The number of hydrogen-bond acceptors (Lipinski definition) is 4. The molecular formula is C14H22AsNO6.